The molecule has 1 fully saturated rings. The second-order valence-electron chi connectivity index (χ2n) is 8.30. The van der Waals surface area contributed by atoms with E-state index in [4.69, 9.17) is 9.97 Å². The van der Waals surface area contributed by atoms with Crippen molar-refractivity contribution in [1.82, 2.24) is 25.1 Å². The zero-order valence-corrected chi connectivity index (χ0v) is 16.0. The van der Waals surface area contributed by atoms with Gasteiger partial charge in [-0.25, -0.2) is 9.97 Å². The van der Waals surface area contributed by atoms with Gasteiger partial charge < -0.3 is 10.2 Å². The number of fused-ring (bicyclic) bond motifs is 1. The van der Waals surface area contributed by atoms with Gasteiger partial charge in [-0.2, -0.15) is 5.10 Å². The number of carbonyl (C=O) groups excluding carboxylic acids is 1. The van der Waals surface area contributed by atoms with Crippen LogP contribution in [0.3, 0.4) is 0 Å². The van der Waals surface area contributed by atoms with Gasteiger partial charge in [-0.05, 0) is 19.8 Å². The molecule has 1 spiro atoms. The second-order valence-corrected chi connectivity index (χ2v) is 8.30. The van der Waals surface area contributed by atoms with Crippen molar-refractivity contribution < 1.29 is 4.79 Å². The molecule has 8 nitrogen and oxygen atoms in total. The lowest BCUT2D eigenvalue weighted by molar-refractivity contribution is -0.124. The smallest absolute Gasteiger partial charge is 0.253 e. The lowest BCUT2D eigenvalue weighted by Gasteiger charge is -2.36. The average Bonchev–Trinajstić information content (AvgIpc) is 3.07. The maximum Gasteiger partial charge on any atom is 0.253 e. The zero-order valence-electron chi connectivity index (χ0n) is 16.0. The summed E-state index contributed by atoms with van der Waals surface area (Å²) in [6.45, 7) is 9.64. The lowest BCUT2D eigenvalue weighted by atomic mass is 9.88. The summed E-state index contributed by atoms with van der Waals surface area (Å²) in [5.74, 6) is 2.45. The first-order chi connectivity index (χ1) is 12.2. The van der Waals surface area contributed by atoms with Gasteiger partial charge in [0.15, 0.2) is 5.65 Å². The van der Waals surface area contributed by atoms with E-state index >= 15 is 0 Å². The molecule has 26 heavy (non-hydrogen) atoms. The summed E-state index contributed by atoms with van der Waals surface area (Å²) in [6, 6.07) is 0. The Morgan fingerprint density at radius 2 is 1.88 bits per heavy atom. The minimum atomic E-state index is -0.603. The first-order valence-electron chi connectivity index (χ1n) is 9.03. The van der Waals surface area contributed by atoms with Gasteiger partial charge in [0.2, 0.25) is 0 Å². The number of anilines is 1. The van der Waals surface area contributed by atoms with Crippen molar-refractivity contribution >= 4 is 28.6 Å². The van der Waals surface area contributed by atoms with Crippen LogP contribution in [0.5, 0.6) is 0 Å². The highest BCUT2D eigenvalue weighted by Gasteiger charge is 2.45. The van der Waals surface area contributed by atoms with E-state index in [-0.39, 0.29) is 11.3 Å². The van der Waals surface area contributed by atoms with Gasteiger partial charge in [0.1, 0.15) is 23.0 Å². The molecule has 4 heterocycles. The lowest BCUT2D eigenvalue weighted by Crippen LogP contribution is -2.49. The Labute approximate surface area is 152 Å². The van der Waals surface area contributed by atoms with Crippen LogP contribution in [0.1, 0.15) is 46.4 Å². The van der Waals surface area contributed by atoms with Crippen LogP contribution in [0, 0.1) is 0 Å². The van der Waals surface area contributed by atoms with Gasteiger partial charge >= 0.3 is 0 Å². The standard InChI is InChI=1S/C18H25N7O/c1-11-20-16(26)18(23-11)6-8-25(9-7-18)14-12-10-19-24(5)13(12)21-15(22-14)17(2,3)4/h10H,6-9H2,1-5H3,(H,20,23,26). The van der Waals surface area contributed by atoms with Crippen LogP contribution >= 0.6 is 0 Å². The molecule has 0 saturated carbocycles. The number of rotatable bonds is 1. The molecule has 1 N–H and O–H groups in total. The Bertz CT molecular complexity index is 913. The minimum Gasteiger partial charge on any atom is -0.356 e. The number of hydrogen-bond acceptors (Lipinski definition) is 6. The number of aliphatic imine (C=N–C) groups is 1. The van der Waals surface area contributed by atoms with Crippen LogP contribution in [0.2, 0.25) is 0 Å². The number of nitrogens with zero attached hydrogens (tertiary/aromatic N) is 6. The van der Waals surface area contributed by atoms with E-state index in [1.165, 1.54) is 0 Å². The van der Waals surface area contributed by atoms with Gasteiger partial charge in [0.25, 0.3) is 5.91 Å². The van der Waals surface area contributed by atoms with Crippen LogP contribution in [0.4, 0.5) is 5.82 Å². The third kappa shape index (κ3) is 2.55. The molecule has 0 bridgehead atoms. The van der Waals surface area contributed by atoms with E-state index in [9.17, 15) is 4.79 Å². The van der Waals surface area contributed by atoms with Gasteiger partial charge in [0, 0.05) is 25.6 Å². The number of hydrogen-bond donors (Lipinski definition) is 1. The number of nitrogens with one attached hydrogen (secondary N) is 1. The fourth-order valence-electron chi connectivity index (χ4n) is 3.69. The van der Waals surface area contributed by atoms with Gasteiger partial charge in [-0.15, -0.1) is 0 Å². The van der Waals surface area contributed by atoms with Crippen LogP contribution in [0.15, 0.2) is 11.2 Å². The molecule has 0 atom stereocenters. The van der Waals surface area contributed by atoms with Crippen LogP contribution < -0.4 is 10.2 Å². The monoisotopic (exact) mass is 355 g/mol. The Kier molecular flexibility index (Phi) is 3.58. The Hall–Kier alpha value is -2.51. The molecule has 4 rings (SSSR count). The van der Waals surface area contributed by atoms with Crippen molar-refractivity contribution in [1.29, 1.82) is 0 Å². The van der Waals surface area contributed by atoms with E-state index in [0.29, 0.717) is 12.8 Å². The molecule has 138 valence electrons. The third-order valence-corrected chi connectivity index (χ3v) is 5.23. The quantitative estimate of drug-likeness (QED) is 0.838. The number of carbonyl (C=O) groups is 1. The Morgan fingerprint density at radius 1 is 1.19 bits per heavy atom. The molecule has 1 saturated heterocycles. The van der Waals surface area contributed by atoms with Crippen molar-refractivity contribution in [3.63, 3.8) is 0 Å². The van der Waals surface area contributed by atoms with Crippen LogP contribution in [-0.4, -0.2) is 50.1 Å². The molecule has 0 unspecified atom stereocenters. The molecule has 1 amide bonds. The highest BCUT2D eigenvalue weighted by atomic mass is 16.2. The maximum absolute atomic E-state index is 12.3. The fourth-order valence-corrected chi connectivity index (χ4v) is 3.69. The molecule has 8 heteroatoms. The first-order valence-corrected chi connectivity index (χ1v) is 9.03. The number of aryl methyl sites for hydroxylation is 1. The molecule has 2 aliphatic heterocycles. The Balaban J connectivity index is 1.71. The second kappa shape index (κ2) is 5.49. The predicted molar refractivity (Wildman–Crippen MR) is 100 cm³/mol. The number of aromatic nitrogens is 4. The summed E-state index contributed by atoms with van der Waals surface area (Å²) in [5, 5.41) is 8.17. The highest BCUT2D eigenvalue weighted by Crippen LogP contribution is 2.34. The van der Waals surface area contributed by atoms with Crippen molar-refractivity contribution in [3.05, 3.63) is 12.0 Å². The van der Waals surface area contributed by atoms with E-state index in [1.807, 2.05) is 20.2 Å². The normalized spacial score (nSPS) is 20.0. The van der Waals surface area contributed by atoms with E-state index in [0.717, 1.165) is 41.6 Å². The number of amidine groups is 1. The van der Waals surface area contributed by atoms with Crippen molar-refractivity contribution in [3.8, 4) is 0 Å². The summed E-state index contributed by atoms with van der Waals surface area (Å²) in [4.78, 5) is 28.8. The molecule has 0 aliphatic carbocycles. The number of amides is 1. The van der Waals surface area contributed by atoms with Gasteiger partial charge in [-0.1, -0.05) is 20.8 Å². The molecule has 2 aromatic heterocycles. The molecule has 2 aromatic rings. The Morgan fingerprint density at radius 3 is 2.46 bits per heavy atom. The van der Waals surface area contributed by atoms with Gasteiger partial charge in [0.05, 0.1) is 11.6 Å². The fraction of sp³-hybridized carbons (Fsp3) is 0.611. The summed E-state index contributed by atoms with van der Waals surface area (Å²) in [6.07, 6.45) is 3.20. The van der Waals surface area contributed by atoms with Crippen molar-refractivity contribution in [2.24, 2.45) is 12.0 Å². The summed E-state index contributed by atoms with van der Waals surface area (Å²) in [5.41, 5.74) is 0.0820. The summed E-state index contributed by atoms with van der Waals surface area (Å²) < 4.78 is 1.79. The van der Waals surface area contributed by atoms with E-state index < -0.39 is 5.54 Å². The van der Waals surface area contributed by atoms with Crippen molar-refractivity contribution in [2.75, 3.05) is 18.0 Å². The topological polar surface area (TPSA) is 88.3 Å². The summed E-state index contributed by atoms with van der Waals surface area (Å²) >= 11 is 0. The molecule has 0 radical (unpaired) electrons. The maximum atomic E-state index is 12.3. The predicted octanol–water partition coefficient (Wildman–Crippen LogP) is 1.55. The largest absolute Gasteiger partial charge is 0.356 e. The minimum absolute atomic E-state index is 0.0271. The van der Waals surface area contributed by atoms with E-state index in [2.05, 4.69) is 41.1 Å². The molecule has 0 aromatic carbocycles. The highest BCUT2D eigenvalue weighted by molar-refractivity contribution is 6.07. The molecular weight excluding hydrogens is 330 g/mol. The summed E-state index contributed by atoms with van der Waals surface area (Å²) in [7, 11) is 1.90. The average molecular weight is 355 g/mol. The molecular formula is C18H25N7O. The van der Waals surface area contributed by atoms with Crippen LogP contribution in [0.25, 0.3) is 11.0 Å². The third-order valence-electron chi connectivity index (χ3n) is 5.23. The molecule has 2 aliphatic rings. The zero-order chi connectivity index (χ0) is 18.7. The van der Waals surface area contributed by atoms with Crippen LogP contribution in [-0.2, 0) is 17.3 Å². The van der Waals surface area contributed by atoms with E-state index in [1.54, 1.807) is 4.68 Å². The van der Waals surface area contributed by atoms with Crippen molar-refractivity contribution in [2.45, 2.75) is 51.5 Å². The SMILES string of the molecule is CC1=NC2(CCN(c3nc(C(C)(C)C)nc4c3cnn4C)CC2)C(=O)N1. The van der Waals surface area contributed by atoms with Gasteiger partial charge in [-0.3, -0.25) is 14.5 Å². The first kappa shape index (κ1) is 16.9. The number of piperidine rings is 1.